The third kappa shape index (κ3) is 2.86. The van der Waals surface area contributed by atoms with Crippen LogP contribution >= 0.6 is 0 Å². The molecule has 0 fully saturated rings. The number of ether oxygens (including phenoxy) is 1. The van der Waals surface area contributed by atoms with Crippen LogP contribution in [-0.2, 0) is 10.0 Å². The van der Waals surface area contributed by atoms with Crippen molar-refractivity contribution in [2.75, 3.05) is 18.5 Å². The highest BCUT2D eigenvalue weighted by Crippen LogP contribution is 2.31. The first-order valence-corrected chi connectivity index (χ1v) is 7.68. The van der Waals surface area contributed by atoms with E-state index in [9.17, 15) is 18.5 Å². The molecule has 0 aromatic heterocycles. The van der Waals surface area contributed by atoms with E-state index in [4.69, 9.17) is 4.74 Å². The van der Waals surface area contributed by atoms with E-state index in [-0.39, 0.29) is 16.3 Å². The van der Waals surface area contributed by atoms with Crippen LogP contribution in [0.1, 0.15) is 0 Å². The topological polar surface area (TPSA) is 89.7 Å². The largest absolute Gasteiger partial charge is 0.495 e. The quantitative estimate of drug-likeness (QED) is 0.623. The Morgan fingerprint density at radius 3 is 2.32 bits per heavy atom. The first-order valence-electron chi connectivity index (χ1n) is 6.24. The molecule has 0 unspecified atom stereocenters. The van der Waals surface area contributed by atoms with E-state index in [0.29, 0.717) is 5.69 Å². The van der Waals surface area contributed by atoms with Crippen LogP contribution in [-0.4, -0.2) is 27.5 Å². The minimum absolute atomic E-state index is 0.0722. The molecular weight excluding hydrogens is 308 g/mol. The summed E-state index contributed by atoms with van der Waals surface area (Å²) in [6.45, 7) is 0. The Kier molecular flexibility index (Phi) is 4.32. The number of methoxy groups -OCH3 is 1. The molecular formula is C14H14N2O5S. The standard InChI is InChI=1S/C14H14N2O5S/c1-15(11-6-4-3-5-7-11)22(19,20)14-9-8-12(16(17)18)10-13(14)21-2/h3-10H,1-2H3. The lowest BCUT2D eigenvalue weighted by molar-refractivity contribution is -0.385. The zero-order chi connectivity index (χ0) is 16.3. The Morgan fingerprint density at radius 2 is 1.77 bits per heavy atom. The van der Waals surface area contributed by atoms with Gasteiger partial charge in [0.15, 0.2) is 0 Å². The summed E-state index contributed by atoms with van der Waals surface area (Å²) in [7, 11) is -1.22. The van der Waals surface area contributed by atoms with Crippen molar-refractivity contribution in [2.45, 2.75) is 4.90 Å². The van der Waals surface area contributed by atoms with Gasteiger partial charge in [0.25, 0.3) is 15.7 Å². The molecule has 0 heterocycles. The highest BCUT2D eigenvalue weighted by Gasteiger charge is 2.26. The van der Waals surface area contributed by atoms with Crippen LogP contribution in [0.25, 0.3) is 0 Å². The van der Waals surface area contributed by atoms with Crippen molar-refractivity contribution in [1.29, 1.82) is 0 Å². The van der Waals surface area contributed by atoms with Crippen LogP contribution in [0.15, 0.2) is 53.4 Å². The third-order valence-electron chi connectivity index (χ3n) is 3.12. The first-order chi connectivity index (χ1) is 10.4. The van der Waals surface area contributed by atoms with Crippen molar-refractivity contribution < 1.29 is 18.1 Å². The van der Waals surface area contributed by atoms with Crippen LogP contribution in [0.4, 0.5) is 11.4 Å². The van der Waals surface area contributed by atoms with E-state index in [1.165, 1.54) is 20.2 Å². The number of hydrogen-bond acceptors (Lipinski definition) is 5. The molecule has 0 saturated heterocycles. The average molecular weight is 322 g/mol. The number of nitrogens with zero attached hydrogens (tertiary/aromatic N) is 2. The molecule has 0 aliphatic heterocycles. The molecule has 0 spiro atoms. The number of non-ortho nitro benzene ring substituents is 1. The predicted molar refractivity (Wildman–Crippen MR) is 81.7 cm³/mol. The first kappa shape index (κ1) is 15.8. The van der Waals surface area contributed by atoms with Gasteiger partial charge in [0.05, 0.1) is 23.8 Å². The van der Waals surface area contributed by atoms with Gasteiger partial charge >= 0.3 is 0 Å². The summed E-state index contributed by atoms with van der Waals surface area (Å²) >= 11 is 0. The van der Waals surface area contributed by atoms with E-state index in [0.717, 1.165) is 16.4 Å². The van der Waals surface area contributed by atoms with Gasteiger partial charge in [-0.3, -0.25) is 14.4 Å². The maximum absolute atomic E-state index is 12.7. The molecule has 116 valence electrons. The van der Waals surface area contributed by atoms with Crippen LogP contribution in [0, 0.1) is 10.1 Å². The summed E-state index contributed by atoms with van der Waals surface area (Å²) in [5.41, 5.74) is 0.237. The normalized spacial score (nSPS) is 11.0. The van der Waals surface area contributed by atoms with E-state index >= 15 is 0 Å². The fourth-order valence-electron chi connectivity index (χ4n) is 1.91. The Hall–Kier alpha value is -2.61. The molecule has 0 aliphatic rings. The van der Waals surface area contributed by atoms with Crippen molar-refractivity contribution in [3.63, 3.8) is 0 Å². The van der Waals surface area contributed by atoms with Crippen LogP contribution < -0.4 is 9.04 Å². The Bertz CT molecular complexity index is 790. The molecule has 0 atom stereocenters. The number of anilines is 1. The smallest absolute Gasteiger partial charge is 0.273 e. The number of benzene rings is 2. The Morgan fingerprint density at radius 1 is 1.14 bits per heavy atom. The molecule has 0 radical (unpaired) electrons. The number of para-hydroxylation sites is 1. The zero-order valence-corrected chi connectivity index (χ0v) is 12.8. The molecule has 22 heavy (non-hydrogen) atoms. The van der Waals surface area contributed by atoms with Crippen molar-refractivity contribution in [2.24, 2.45) is 0 Å². The summed E-state index contributed by atoms with van der Waals surface area (Å²) in [5.74, 6) is -0.0722. The second-order valence-electron chi connectivity index (χ2n) is 4.40. The number of nitro benzene ring substituents is 1. The molecule has 0 saturated carbocycles. The summed E-state index contributed by atoms with van der Waals surface area (Å²) in [5, 5.41) is 10.8. The zero-order valence-electron chi connectivity index (χ0n) is 12.0. The van der Waals surface area contributed by atoms with E-state index < -0.39 is 14.9 Å². The van der Waals surface area contributed by atoms with Gasteiger partial charge in [-0.15, -0.1) is 0 Å². The molecule has 0 bridgehead atoms. The van der Waals surface area contributed by atoms with Gasteiger partial charge in [-0.05, 0) is 18.2 Å². The van der Waals surface area contributed by atoms with Crippen molar-refractivity contribution in [3.8, 4) is 5.75 Å². The molecule has 8 heteroatoms. The minimum Gasteiger partial charge on any atom is -0.495 e. The second-order valence-corrected chi connectivity index (χ2v) is 6.34. The van der Waals surface area contributed by atoms with Gasteiger partial charge in [0.1, 0.15) is 10.6 Å². The van der Waals surface area contributed by atoms with Gasteiger partial charge in [-0.1, -0.05) is 18.2 Å². The molecule has 2 rings (SSSR count). The second kappa shape index (κ2) is 6.02. The molecule has 7 nitrogen and oxygen atoms in total. The number of hydrogen-bond donors (Lipinski definition) is 0. The summed E-state index contributed by atoms with van der Waals surface area (Å²) in [6.07, 6.45) is 0. The van der Waals surface area contributed by atoms with E-state index in [1.54, 1.807) is 30.3 Å². The molecule has 0 aliphatic carbocycles. The predicted octanol–water partition coefficient (Wildman–Crippen LogP) is 2.43. The number of nitro groups is 1. The highest BCUT2D eigenvalue weighted by atomic mass is 32.2. The lowest BCUT2D eigenvalue weighted by atomic mass is 10.3. The lowest BCUT2D eigenvalue weighted by Crippen LogP contribution is -2.26. The molecule has 0 amide bonds. The van der Waals surface area contributed by atoms with Gasteiger partial charge in [-0.2, -0.15) is 0 Å². The maximum Gasteiger partial charge on any atom is 0.273 e. The minimum atomic E-state index is -3.89. The SMILES string of the molecule is COc1cc([N+](=O)[O-])ccc1S(=O)(=O)N(C)c1ccccc1. The maximum atomic E-state index is 12.7. The van der Waals surface area contributed by atoms with Crippen LogP contribution in [0.3, 0.4) is 0 Å². The van der Waals surface area contributed by atoms with Crippen molar-refractivity contribution >= 4 is 21.4 Å². The molecule has 2 aromatic carbocycles. The van der Waals surface area contributed by atoms with Crippen LogP contribution in [0.5, 0.6) is 5.75 Å². The fraction of sp³-hybridized carbons (Fsp3) is 0.143. The number of rotatable bonds is 5. The van der Waals surface area contributed by atoms with Crippen molar-refractivity contribution in [3.05, 3.63) is 58.6 Å². The summed E-state index contributed by atoms with van der Waals surface area (Å²) in [4.78, 5) is 10.0. The van der Waals surface area contributed by atoms with Gasteiger partial charge in [-0.25, -0.2) is 8.42 Å². The Balaban J connectivity index is 2.52. The number of sulfonamides is 1. The highest BCUT2D eigenvalue weighted by molar-refractivity contribution is 7.92. The van der Waals surface area contributed by atoms with Gasteiger partial charge < -0.3 is 4.74 Å². The molecule has 0 N–H and O–H groups in total. The lowest BCUT2D eigenvalue weighted by Gasteiger charge is -2.20. The molecule has 2 aromatic rings. The summed E-state index contributed by atoms with van der Waals surface area (Å²) in [6, 6.07) is 11.9. The third-order valence-corrected chi connectivity index (χ3v) is 4.94. The van der Waals surface area contributed by atoms with Gasteiger partial charge in [0.2, 0.25) is 0 Å². The van der Waals surface area contributed by atoms with Gasteiger partial charge in [0, 0.05) is 13.1 Å². The average Bonchev–Trinajstić information content (AvgIpc) is 2.54. The monoisotopic (exact) mass is 322 g/mol. The summed E-state index contributed by atoms with van der Waals surface area (Å²) < 4.78 is 31.4. The van der Waals surface area contributed by atoms with Crippen LogP contribution in [0.2, 0.25) is 0 Å². The Labute approximate surface area is 128 Å². The van der Waals surface area contributed by atoms with Crippen molar-refractivity contribution in [1.82, 2.24) is 0 Å². The van der Waals surface area contributed by atoms with E-state index in [1.807, 2.05) is 0 Å². The van der Waals surface area contributed by atoms with E-state index in [2.05, 4.69) is 0 Å². The fourth-order valence-corrected chi connectivity index (χ4v) is 3.24.